The van der Waals surface area contributed by atoms with Gasteiger partial charge in [0.2, 0.25) is 0 Å². The highest BCUT2D eigenvalue weighted by Crippen LogP contribution is 2.48. The van der Waals surface area contributed by atoms with Crippen molar-refractivity contribution in [3.8, 4) is 5.75 Å². The number of ether oxygens (including phenoxy) is 1. The van der Waals surface area contributed by atoms with Gasteiger partial charge in [-0.1, -0.05) is 72.8 Å². The van der Waals surface area contributed by atoms with Gasteiger partial charge in [0.1, 0.15) is 11.9 Å². The summed E-state index contributed by atoms with van der Waals surface area (Å²) in [5.41, 5.74) is 7.32. The van der Waals surface area contributed by atoms with E-state index in [9.17, 15) is 0 Å². The van der Waals surface area contributed by atoms with E-state index in [1.54, 1.807) is 0 Å². The Balaban J connectivity index is 1.31. The zero-order valence-corrected chi connectivity index (χ0v) is 20.9. The summed E-state index contributed by atoms with van der Waals surface area (Å²) in [5, 5.41) is 2.64. The van der Waals surface area contributed by atoms with Crippen molar-refractivity contribution in [1.29, 1.82) is 0 Å². The normalized spacial score (nSPS) is 17.3. The minimum Gasteiger partial charge on any atom is -0.485 e. The molecular formula is C34H23NOS. The van der Waals surface area contributed by atoms with E-state index in [-0.39, 0.29) is 12.0 Å². The molecule has 0 bridgehead atoms. The molecule has 37 heavy (non-hydrogen) atoms. The van der Waals surface area contributed by atoms with E-state index in [1.165, 1.54) is 36.9 Å². The van der Waals surface area contributed by atoms with Crippen LogP contribution in [0.15, 0.2) is 121 Å². The van der Waals surface area contributed by atoms with E-state index < -0.39 is 0 Å². The summed E-state index contributed by atoms with van der Waals surface area (Å²) < 4.78 is 8.95. The van der Waals surface area contributed by atoms with Gasteiger partial charge in [0.05, 0.1) is 5.92 Å². The maximum absolute atomic E-state index is 6.32. The second kappa shape index (κ2) is 8.09. The van der Waals surface area contributed by atoms with E-state index in [1.807, 2.05) is 11.3 Å². The minimum absolute atomic E-state index is 0.0419. The molecule has 2 atom stereocenters. The summed E-state index contributed by atoms with van der Waals surface area (Å²) in [7, 11) is 0. The molecule has 1 aliphatic carbocycles. The standard InChI is InChI=1S/C34H23NOS/c1-2-8-23(9-3-1)35(25-17-18-27-26-10-5-7-13-32(26)37-33(27)21-25)24-16-14-22-15-19-31-34(29(22)20-24)28-11-4-6-12-30(28)36-31/h1-21,31,34H. The fourth-order valence-corrected chi connectivity index (χ4v) is 7.07. The highest BCUT2D eigenvalue weighted by Gasteiger charge is 2.37. The van der Waals surface area contributed by atoms with Crippen molar-refractivity contribution in [2.45, 2.75) is 12.0 Å². The number of hydrogen-bond donors (Lipinski definition) is 0. The van der Waals surface area contributed by atoms with Crippen molar-refractivity contribution in [2.24, 2.45) is 0 Å². The first-order valence-corrected chi connectivity index (χ1v) is 13.5. The summed E-state index contributed by atoms with van der Waals surface area (Å²) in [4.78, 5) is 2.37. The number of thiophene rings is 1. The lowest BCUT2D eigenvalue weighted by Gasteiger charge is -2.29. The molecule has 1 aliphatic heterocycles. The average molecular weight is 494 g/mol. The number of benzene rings is 5. The molecule has 0 N–H and O–H groups in total. The monoisotopic (exact) mass is 493 g/mol. The van der Waals surface area contributed by atoms with Gasteiger partial charge < -0.3 is 9.64 Å². The Bertz CT molecular complexity index is 1830. The predicted molar refractivity (Wildman–Crippen MR) is 156 cm³/mol. The zero-order chi connectivity index (χ0) is 24.3. The molecule has 0 amide bonds. The van der Waals surface area contributed by atoms with Gasteiger partial charge in [-0.2, -0.15) is 0 Å². The fourth-order valence-electron chi connectivity index (χ4n) is 5.93. The maximum atomic E-state index is 6.32. The second-order valence-corrected chi connectivity index (χ2v) is 10.8. The number of anilines is 3. The smallest absolute Gasteiger partial charge is 0.128 e. The number of hydrogen-bond acceptors (Lipinski definition) is 3. The van der Waals surface area contributed by atoms with Gasteiger partial charge in [-0.3, -0.25) is 0 Å². The quantitative estimate of drug-likeness (QED) is 0.243. The maximum Gasteiger partial charge on any atom is 0.128 e. The number of rotatable bonds is 3. The molecular weight excluding hydrogens is 470 g/mol. The third kappa shape index (κ3) is 3.24. The highest BCUT2D eigenvalue weighted by molar-refractivity contribution is 7.25. The summed E-state index contributed by atoms with van der Waals surface area (Å²) in [6.07, 6.45) is 4.46. The molecule has 0 fully saturated rings. The Labute approximate surface area is 219 Å². The summed E-state index contributed by atoms with van der Waals surface area (Å²) >= 11 is 1.86. The molecule has 2 aliphatic rings. The van der Waals surface area contributed by atoms with E-state index in [2.05, 4.69) is 132 Å². The Kier molecular flexibility index (Phi) is 4.55. The van der Waals surface area contributed by atoms with Crippen LogP contribution < -0.4 is 9.64 Å². The first kappa shape index (κ1) is 20.8. The molecule has 8 rings (SSSR count). The van der Waals surface area contributed by atoms with Crippen molar-refractivity contribution in [3.05, 3.63) is 138 Å². The van der Waals surface area contributed by atoms with Crippen molar-refractivity contribution in [2.75, 3.05) is 4.90 Å². The van der Waals surface area contributed by atoms with Crippen LogP contribution in [0.4, 0.5) is 17.1 Å². The van der Waals surface area contributed by atoms with E-state index in [4.69, 9.17) is 4.74 Å². The van der Waals surface area contributed by atoms with Crippen LogP contribution in [0.3, 0.4) is 0 Å². The van der Waals surface area contributed by atoms with Gasteiger partial charge in [-0.05, 0) is 65.7 Å². The van der Waals surface area contributed by atoms with E-state index in [0.29, 0.717) is 0 Å². The van der Waals surface area contributed by atoms with Crippen molar-refractivity contribution in [3.63, 3.8) is 0 Å². The molecule has 6 aromatic rings. The largest absolute Gasteiger partial charge is 0.485 e. The second-order valence-electron chi connectivity index (χ2n) is 9.72. The molecule has 5 aromatic carbocycles. The van der Waals surface area contributed by atoms with Crippen LogP contribution in [0.5, 0.6) is 5.75 Å². The molecule has 176 valence electrons. The lowest BCUT2D eigenvalue weighted by atomic mass is 9.81. The average Bonchev–Trinajstić information content (AvgIpc) is 3.52. The van der Waals surface area contributed by atoms with Crippen LogP contribution in [0.1, 0.15) is 22.6 Å². The molecule has 2 nitrogen and oxygen atoms in total. The van der Waals surface area contributed by atoms with Crippen LogP contribution in [0.25, 0.3) is 26.2 Å². The Morgan fingerprint density at radius 1 is 0.595 bits per heavy atom. The molecule has 0 spiro atoms. The van der Waals surface area contributed by atoms with Crippen molar-refractivity contribution >= 4 is 54.6 Å². The van der Waals surface area contributed by atoms with Gasteiger partial charge in [0, 0.05) is 42.8 Å². The number of para-hydroxylation sites is 2. The Morgan fingerprint density at radius 2 is 1.35 bits per heavy atom. The zero-order valence-electron chi connectivity index (χ0n) is 20.0. The van der Waals surface area contributed by atoms with Crippen LogP contribution in [-0.2, 0) is 0 Å². The van der Waals surface area contributed by atoms with Gasteiger partial charge in [-0.15, -0.1) is 11.3 Å². The number of nitrogens with zero attached hydrogens (tertiary/aromatic N) is 1. The molecule has 0 radical (unpaired) electrons. The van der Waals surface area contributed by atoms with Crippen LogP contribution in [0, 0.1) is 0 Å². The summed E-state index contributed by atoms with van der Waals surface area (Å²) in [5.74, 6) is 1.20. The molecule has 1 aromatic heterocycles. The Hall–Kier alpha value is -4.34. The summed E-state index contributed by atoms with van der Waals surface area (Å²) in [6.45, 7) is 0. The lowest BCUT2D eigenvalue weighted by Crippen LogP contribution is -2.21. The first-order valence-electron chi connectivity index (χ1n) is 12.7. The van der Waals surface area contributed by atoms with E-state index >= 15 is 0 Å². The number of fused-ring (bicyclic) bond motifs is 8. The first-order chi connectivity index (χ1) is 18.3. The molecule has 0 saturated carbocycles. The third-order valence-corrected chi connectivity index (χ3v) is 8.74. The van der Waals surface area contributed by atoms with Crippen LogP contribution in [-0.4, -0.2) is 6.10 Å². The molecule has 0 saturated heterocycles. The van der Waals surface area contributed by atoms with Gasteiger partial charge in [0.25, 0.3) is 0 Å². The highest BCUT2D eigenvalue weighted by atomic mass is 32.1. The molecule has 2 heterocycles. The third-order valence-electron chi connectivity index (χ3n) is 7.61. The predicted octanol–water partition coefficient (Wildman–Crippen LogP) is 9.44. The van der Waals surface area contributed by atoms with Crippen LogP contribution >= 0.6 is 11.3 Å². The minimum atomic E-state index is 0.0419. The lowest BCUT2D eigenvalue weighted by molar-refractivity contribution is 0.267. The van der Waals surface area contributed by atoms with Crippen molar-refractivity contribution in [1.82, 2.24) is 0 Å². The SMILES string of the molecule is C1=CC2Oc3ccccc3C2c2cc(N(c3ccccc3)c3ccc4c(c3)sc3ccccc34)ccc21. The Morgan fingerprint density at radius 3 is 2.30 bits per heavy atom. The van der Waals surface area contributed by atoms with Crippen molar-refractivity contribution < 1.29 is 4.74 Å². The van der Waals surface area contributed by atoms with Gasteiger partial charge >= 0.3 is 0 Å². The van der Waals surface area contributed by atoms with E-state index in [0.717, 1.165) is 22.8 Å². The molecule has 3 heteroatoms. The summed E-state index contributed by atoms with van der Waals surface area (Å²) in [6, 6.07) is 41.5. The topological polar surface area (TPSA) is 12.5 Å². The molecule has 2 unspecified atom stereocenters. The van der Waals surface area contributed by atoms with Gasteiger partial charge in [0.15, 0.2) is 0 Å². The fraction of sp³-hybridized carbons (Fsp3) is 0.0588. The van der Waals surface area contributed by atoms with Gasteiger partial charge in [-0.25, -0.2) is 0 Å². The van der Waals surface area contributed by atoms with Crippen LogP contribution in [0.2, 0.25) is 0 Å².